The second-order valence-corrected chi connectivity index (χ2v) is 7.77. The lowest BCUT2D eigenvalue weighted by molar-refractivity contribution is 0.0956. The fraction of sp³-hybridized carbons (Fsp3) is 0.138. The van der Waals surface area contributed by atoms with Crippen molar-refractivity contribution in [3.8, 4) is 22.8 Å². The molecule has 0 aliphatic heterocycles. The van der Waals surface area contributed by atoms with Gasteiger partial charge in [-0.3, -0.25) is 4.79 Å². The van der Waals surface area contributed by atoms with Crippen molar-refractivity contribution >= 4 is 23.0 Å². The van der Waals surface area contributed by atoms with Crippen molar-refractivity contribution in [3.05, 3.63) is 102 Å². The highest BCUT2D eigenvalue weighted by molar-refractivity contribution is 6.07. The number of fused-ring (bicyclic) bond motifs is 1. The van der Waals surface area contributed by atoms with Crippen LogP contribution < -0.4 is 14.9 Å². The minimum atomic E-state index is -0.318. The van der Waals surface area contributed by atoms with Crippen molar-refractivity contribution < 1.29 is 14.3 Å². The Bertz CT molecular complexity index is 1380. The van der Waals surface area contributed by atoms with Gasteiger partial charge < -0.3 is 9.47 Å². The van der Waals surface area contributed by atoms with Crippen molar-refractivity contribution in [2.75, 3.05) is 13.7 Å². The van der Waals surface area contributed by atoms with Crippen LogP contribution in [0.3, 0.4) is 0 Å². The summed E-state index contributed by atoms with van der Waals surface area (Å²) in [6.45, 7) is 6.23. The smallest absolute Gasteiger partial charge is 0.272 e. The van der Waals surface area contributed by atoms with Crippen LogP contribution in [-0.2, 0) is 6.42 Å². The highest BCUT2D eigenvalue weighted by atomic mass is 16.5. The molecule has 0 saturated carbocycles. The van der Waals surface area contributed by atoms with Crippen LogP contribution in [0.4, 0.5) is 0 Å². The van der Waals surface area contributed by atoms with Crippen LogP contribution in [0.15, 0.2) is 90.6 Å². The number of amides is 1. The van der Waals surface area contributed by atoms with Gasteiger partial charge in [0.25, 0.3) is 5.91 Å². The van der Waals surface area contributed by atoms with E-state index in [1.54, 1.807) is 25.5 Å². The lowest BCUT2D eigenvalue weighted by atomic mass is 10.0. The molecule has 0 fully saturated rings. The monoisotopic (exact) mass is 465 g/mol. The van der Waals surface area contributed by atoms with Crippen LogP contribution in [0.5, 0.6) is 11.5 Å². The number of nitrogens with zero attached hydrogens (tertiary/aromatic N) is 2. The first-order valence-electron chi connectivity index (χ1n) is 11.4. The number of carbonyl (C=O) groups excluding carboxylic acids is 1. The molecule has 0 aliphatic carbocycles. The number of hydrogen-bond acceptors (Lipinski definition) is 5. The van der Waals surface area contributed by atoms with E-state index in [1.165, 1.54) is 0 Å². The Morgan fingerprint density at radius 3 is 2.60 bits per heavy atom. The van der Waals surface area contributed by atoms with Crippen molar-refractivity contribution in [1.82, 2.24) is 10.4 Å². The molecule has 1 heterocycles. The molecule has 0 unspecified atom stereocenters. The minimum absolute atomic E-state index is 0.318. The Morgan fingerprint density at radius 2 is 1.86 bits per heavy atom. The van der Waals surface area contributed by atoms with Gasteiger partial charge in [-0.1, -0.05) is 54.6 Å². The summed E-state index contributed by atoms with van der Waals surface area (Å²) >= 11 is 0. The lowest BCUT2D eigenvalue weighted by Gasteiger charge is -2.14. The van der Waals surface area contributed by atoms with E-state index in [0.29, 0.717) is 30.1 Å². The van der Waals surface area contributed by atoms with E-state index < -0.39 is 0 Å². The first-order valence-corrected chi connectivity index (χ1v) is 11.4. The van der Waals surface area contributed by atoms with E-state index in [9.17, 15) is 4.79 Å². The van der Waals surface area contributed by atoms with Crippen LogP contribution in [0.25, 0.3) is 22.2 Å². The van der Waals surface area contributed by atoms with E-state index in [2.05, 4.69) is 17.1 Å². The number of methoxy groups -OCH3 is 1. The predicted octanol–water partition coefficient (Wildman–Crippen LogP) is 5.80. The fourth-order valence-electron chi connectivity index (χ4n) is 3.91. The third kappa shape index (κ3) is 5.38. The van der Waals surface area contributed by atoms with Gasteiger partial charge in [-0.05, 0) is 43.2 Å². The van der Waals surface area contributed by atoms with Gasteiger partial charge in [0, 0.05) is 16.5 Å². The van der Waals surface area contributed by atoms with Gasteiger partial charge >= 0.3 is 0 Å². The lowest BCUT2D eigenvalue weighted by Crippen LogP contribution is -2.18. The minimum Gasteiger partial charge on any atom is -0.493 e. The summed E-state index contributed by atoms with van der Waals surface area (Å²) in [5.74, 6) is 0.973. The Labute approximate surface area is 204 Å². The van der Waals surface area contributed by atoms with Crippen LogP contribution >= 0.6 is 0 Å². The molecular formula is C29H27N3O3. The molecule has 1 amide bonds. The molecule has 6 nitrogen and oxygen atoms in total. The van der Waals surface area contributed by atoms with Gasteiger partial charge in [0.1, 0.15) is 0 Å². The van der Waals surface area contributed by atoms with E-state index >= 15 is 0 Å². The predicted molar refractivity (Wildman–Crippen MR) is 140 cm³/mol. The Morgan fingerprint density at radius 1 is 1.09 bits per heavy atom. The van der Waals surface area contributed by atoms with Gasteiger partial charge in [0.05, 0.1) is 36.7 Å². The third-order valence-electron chi connectivity index (χ3n) is 5.43. The van der Waals surface area contributed by atoms with Crippen molar-refractivity contribution in [1.29, 1.82) is 0 Å². The van der Waals surface area contributed by atoms with Crippen LogP contribution in [0.2, 0.25) is 0 Å². The number of pyridine rings is 1. The van der Waals surface area contributed by atoms with Gasteiger partial charge in [-0.2, -0.15) is 5.10 Å². The van der Waals surface area contributed by atoms with Gasteiger partial charge in [-0.25, -0.2) is 10.4 Å². The first kappa shape index (κ1) is 23.7. The average molecular weight is 466 g/mol. The molecule has 0 spiro atoms. The summed E-state index contributed by atoms with van der Waals surface area (Å²) < 4.78 is 11.3. The molecule has 6 heteroatoms. The Hall–Kier alpha value is -4.45. The zero-order valence-corrected chi connectivity index (χ0v) is 19.8. The van der Waals surface area contributed by atoms with Crippen molar-refractivity contribution in [3.63, 3.8) is 0 Å². The number of rotatable bonds is 9. The fourth-order valence-corrected chi connectivity index (χ4v) is 3.91. The highest BCUT2D eigenvalue weighted by Crippen LogP contribution is 2.33. The Kier molecular flexibility index (Phi) is 7.53. The van der Waals surface area contributed by atoms with E-state index in [0.717, 1.165) is 33.3 Å². The standard InChI is InChI=1S/C29H27N3O3/c1-4-11-22-16-20(17-27(35-5-2)28(22)34-3)19-30-32-29(33)24-18-26(21-12-7-6-8-13-21)31-25-15-10-9-14-23(24)25/h4,6-10,12-19H,1,5,11H2,2-3H3,(H,32,33)/b30-19+. The maximum atomic E-state index is 13.2. The average Bonchev–Trinajstić information content (AvgIpc) is 2.89. The van der Waals surface area contributed by atoms with Crippen LogP contribution in [0, 0.1) is 0 Å². The first-order chi connectivity index (χ1) is 17.1. The zero-order chi connectivity index (χ0) is 24.6. The van der Waals surface area contributed by atoms with Gasteiger partial charge in [-0.15, -0.1) is 6.58 Å². The number of nitrogens with one attached hydrogen (secondary N) is 1. The second kappa shape index (κ2) is 11.1. The molecule has 0 saturated heterocycles. The highest BCUT2D eigenvalue weighted by Gasteiger charge is 2.14. The summed E-state index contributed by atoms with van der Waals surface area (Å²) in [5.41, 5.74) is 7.27. The number of hydrogen-bond donors (Lipinski definition) is 1. The number of benzene rings is 3. The number of allylic oxidation sites excluding steroid dienone is 1. The van der Waals surface area contributed by atoms with Crippen LogP contribution in [-0.4, -0.2) is 30.8 Å². The van der Waals surface area contributed by atoms with Gasteiger partial charge in [0.15, 0.2) is 11.5 Å². The maximum Gasteiger partial charge on any atom is 0.272 e. The number of hydrazone groups is 1. The summed E-state index contributed by atoms with van der Waals surface area (Å²) in [6.07, 6.45) is 4.01. The quantitative estimate of drug-likeness (QED) is 0.193. The van der Waals surface area contributed by atoms with Crippen molar-refractivity contribution in [2.24, 2.45) is 5.10 Å². The van der Waals surface area contributed by atoms with Crippen LogP contribution in [0.1, 0.15) is 28.4 Å². The molecule has 0 bridgehead atoms. The number of carbonyl (C=O) groups is 1. The van der Waals surface area contributed by atoms with E-state index in [1.807, 2.05) is 73.7 Å². The van der Waals surface area contributed by atoms with Gasteiger partial charge in [0.2, 0.25) is 0 Å². The SMILES string of the molecule is C=CCc1cc(/C=N/NC(=O)c2cc(-c3ccccc3)nc3ccccc23)cc(OCC)c1OC. The third-order valence-corrected chi connectivity index (χ3v) is 5.43. The largest absolute Gasteiger partial charge is 0.493 e. The molecular weight excluding hydrogens is 438 g/mol. The molecule has 0 atom stereocenters. The molecule has 35 heavy (non-hydrogen) atoms. The molecule has 1 N–H and O–H groups in total. The zero-order valence-electron chi connectivity index (χ0n) is 19.8. The second-order valence-electron chi connectivity index (χ2n) is 7.77. The molecule has 0 radical (unpaired) electrons. The maximum absolute atomic E-state index is 13.2. The molecule has 4 rings (SSSR count). The number of para-hydroxylation sites is 1. The Balaban J connectivity index is 1.64. The molecule has 3 aromatic carbocycles. The molecule has 176 valence electrons. The summed E-state index contributed by atoms with van der Waals surface area (Å²) in [5, 5.41) is 4.98. The van der Waals surface area contributed by atoms with E-state index in [4.69, 9.17) is 14.5 Å². The summed E-state index contributed by atoms with van der Waals surface area (Å²) in [4.78, 5) is 17.9. The number of ether oxygens (including phenoxy) is 2. The summed E-state index contributed by atoms with van der Waals surface area (Å²) in [7, 11) is 1.61. The molecule has 1 aromatic heterocycles. The van der Waals surface area contributed by atoms with Crippen molar-refractivity contribution in [2.45, 2.75) is 13.3 Å². The molecule has 4 aromatic rings. The van der Waals surface area contributed by atoms with E-state index in [-0.39, 0.29) is 5.91 Å². The number of aromatic nitrogens is 1. The molecule has 0 aliphatic rings. The summed E-state index contributed by atoms with van der Waals surface area (Å²) in [6, 6.07) is 22.9. The topological polar surface area (TPSA) is 72.8 Å². The normalized spacial score (nSPS) is 10.9.